The van der Waals surface area contributed by atoms with Crippen LogP contribution in [0.2, 0.25) is 0 Å². The molecule has 0 spiro atoms. The molecule has 1 heterocycles. The lowest BCUT2D eigenvalue weighted by Crippen LogP contribution is -3.16. The van der Waals surface area contributed by atoms with Crippen LogP contribution in [0.25, 0.3) is 0 Å². The number of carbonyl (C=O) groups excluding carboxylic acids is 2. The number of imide groups is 1. The number of urea groups is 1. The van der Waals surface area contributed by atoms with Crippen molar-refractivity contribution in [2.24, 2.45) is 0 Å². The van der Waals surface area contributed by atoms with Gasteiger partial charge in [-0.1, -0.05) is 25.0 Å². The molecule has 1 aromatic rings. The van der Waals surface area contributed by atoms with Crippen LogP contribution in [0.3, 0.4) is 0 Å². The van der Waals surface area contributed by atoms with Gasteiger partial charge in [-0.2, -0.15) is 0 Å². The molecule has 2 aliphatic rings. The van der Waals surface area contributed by atoms with Gasteiger partial charge in [0.1, 0.15) is 5.75 Å². The Morgan fingerprint density at radius 2 is 1.88 bits per heavy atom. The van der Waals surface area contributed by atoms with Crippen LogP contribution < -0.4 is 25.2 Å². The summed E-state index contributed by atoms with van der Waals surface area (Å²) in [7, 11) is 1.68. The van der Waals surface area contributed by atoms with Crippen molar-refractivity contribution >= 4 is 17.6 Å². The van der Waals surface area contributed by atoms with E-state index in [1.165, 1.54) is 4.90 Å². The first kappa shape index (κ1) is 18.5. The van der Waals surface area contributed by atoms with Crippen molar-refractivity contribution in [1.29, 1.82) is 0 Å². The fraction of sp³-hybridized carbons (Fsp3) is 0.579. The Balaban J connectivity index is 1.42. The summed E-state index contributed by atoms with van der Waals surface area (Å²) in [5.41, 5.74) is 1.09. The van der Waals surface area contributed by atoms with Crippen LogP contribution in [0.15, 0.2) is 24.3 Å². The Labute approximate surface area is 154 Å². The Morgan fingerprint density at radius 1 is 1.19 bits per heavy atom. The zero-order valence-electron chi connectivity index (χ0n) is 15.4. The monoisotopic (exact) mass is 361 g/mol. The quantitative estimate of drug-likeness (QED) is 0.699. The summed E-state index contributed by atoms with van der Waals surface area (Å²) in [6.07, 6.45) is 4.33. The number of nitrogens with one attached hydrogen (secondary N) is 3. The van der Waals surface area contributed by atoms with E-state index < -0.39 is 0 Å². The number of hydrogen-bond acceptors (Lipinski definition) is 4. The molecule has 7 nitrogen and oxygen atoms in total. The number of carbonyl (C=O) groups is 2. The summed E-state index contributed by atoms with van der Waals surface area (Å²) in [5, 5.41) is 5.36. The summed E-state index contributed by atoms with van der Waals surface area (Å²) in [6, 6.07) is 7.86. The molecular formula is C19H29N4O3+. The van der Waals surface area contributed by atoms with Crippen LogP contribution in [0.5, 0.6) is 5.75 Å². The average Bonchev–Trinajstić information content (AvgIpc) is 3.15. The first-order valence-electron chi connectivity index (χ1n) is 9.47. The molecule has 1 aliphatic carbocycles. The van der Waals surface area contributed by atoms with Crippen molar-refractivity contribution in [2.45, 2.75) is 31.7 Å². The number of amides is 3. The molecule has 1 aromatic carbocycles. The molecule has 1 saturated heterocycles. The molecule has 1 saturated carbocycles. The summed E-state index contributed by atoms with van der Waals surface area (Å²) < 4.78 is 5.43. The molecule has 3 amide bonds. The van der Waals surface area contributed by atoms with Crippen molar-refractivity contribution in [3.05, 3.63) is 24.3 Å². The molecule has 0 unspecified atom stereocenters. The number of hydrogen-bond donors (Lipinski definition) is 3. The van der Waals surface area contributed by atoms with Crippen LogP contribution in [-0.4, -0.2) is 57.8 Å². The Hall–Kier alpha value is -2.28. The van der Waals surface area contributed by atoms with Crippen LogP contribution >= 0.6 is 0 Å². The van der Waals surface area contributed by atoms with Crippen molar-refractivity contribution in [2.75, 3.05) is 44.7 Å². The molecule has 0 atom stereocenters. The van der Waals surface area contributed by atoms with Gasteiger partial charge >= 0.3 is 6.03 Å². The fourth-order valence-corrected chi connectivity index (χ4v) is 3.82. The highest BCUT2D eigenvalue weighted by atomic mass is 16.5. The summed E-state index contributed by atoms with van der Waals surface area (Å²) in [6.45, 7) is 3.76. The Morgan fingerprint density at radius 3 is 2.58 bits per heavy atom. The van der Waals surface area contributed by atoms with Crippen LogP contribution in [-0.2, 0) is 4.79 Å². The smallest absolute Gasteiger partial charge is 0.321 e. The lowest BCUT2D eigenvalue weighted by Gasteiger charge is -2.33. The third kappa shape index (κ3) is 4.88. The molecule has 0 bridgehead atoms. The van der Waals surface area contributed by atoms with Crippen LogP contribution in [0.1, 0.15) is 25.7 Å². The third-order valence-electron chi connectivity index (χ3n) is 5.25. The zero-order chi connectivity index (χ0) is 18.4. The Bertz CT molecular complexity index is 623. The lowest BCUT2D eigenvalue weighted by molar-refractivity contribution is -0.892. The minimum Gasteiger partial charge on any atom is -0.495 e. The van der Waals surface area contributed by atoms with E-state index in [0.717, 1.165) is 63.3 Å². The third-order valence-corrected chi connectivity index (χ3v) is 5.25. The minimum atomic E-state index is -0.353. The number of methoxy groups -OCH3 is 1. The first-order valence-corrected chi connectivity index (χ1v) is 9.47. The van der Waals surface area contributed by atoms with Gasteiger partial charge in [0.05, 0.1) is 39.0 Å². The molecule has 1 aliphatic heterocycles. The number of anilines is 1. The van der Waals surface area contributed by atoms with Crippen molar-refractivity contribution < 1.29 is 19.2 Å². The molecule has 0 aromatic heterocycles. The maximum atomic E-state index is 12.1. The predicted octanol–water partition coefficient (Wildman–Crippen LogP) is 0.169. The highest BCUT2D eigenvalue weighted by Gasteiger charge is 2.25. The largest absolute Gasteiger partial charge is 0.495 e. The van der Waals surface area contributed by atoms with Gasteiger partial charge in [0, 0.05) is 6.04 Å². The van der Waals surface area contributed by atoms with E-state index in [-0.39, 0.29) is 18.0 Å². The number of rotatable bonds is 5. The van der Waals surface area contributed by atoms with Crippen LogP contribution in [0.4, 0.5) is 10.5 Å². The average molecular weight is 361 g/mol. The van der Waals surface area contributed by atoms with E-state index in [1.807, 2.05) is 18.2 Å². The minimum absolute atomic E-state index is 0.207. The lowest BCUT2D eigenvalue weighted by atomic mass is 10.2. The second kappa shape index (κ2) is 8.89. The number of para-hydroxylation sites is 2. The van der Waals surface area contributed by atoms with E-state index in [1.54, 1.807) is 7.11 Å². The van der Waals surface area contributed by atoms with Gasteiger partial charge in [0.25, 0.3) is 5.91 Å². The standard InChI is InChI=1S/C19H28N4O3/c1-26-17-9-5-4-8-16(17)23-12-10-22(11-13-23)14-18(24)21-19(25)20-15-6-2-3-7-15/h4-5,8-9,15H,2-3,6-7,10-14H2,1H3,(H2,20,21,24,25)/p+1. The summed E-state index contributed by atoms with van der Waals surface area (Å²) in [4.78, 5) is 27.5. The normalized spacial score (nSPS) is 18.6. The maximum Gasteiger partial charge on any atom is 0.321 e. The van der Waals surface area contributed by atoms with E-state index in [2.05, 4.69) is 21.6 Å². The zero-order valence-corrected chi connectivity index (χ0v) is 15.4. The number of piperazine rings is 1. The SMILES string of the molecule is COc1ccccc1N1CC[NH+](CC(=O)NC(=O)NC2CCCC2)CC1. The molecule has 0 radical (unpaired) electrons. The highest BCUT2D eigenvalue weighted by Crippen LogP contribution is 2.27. The van der Waals surface area contributed by atoms with Gasteiger partial charge in [-0.3, -0.25) is 10.1 Å². The molecule has 142 valence electrons. The van der Waals surface area contributed by atoms with Gasteiger partial charge in [-0.05, 0) is 25.0 Å². The van der Waals surface area contributed by atoms with Crippen molar-refractivity contribution in [3.63, 3.8) is 0 Å². The molecule has 26 heavy (non-hydrogen) atoms. The number of nitrogens with zero attached hydrogens (tertiary/aromatic N) is 1. The summed E-state index contributed by atoms with van der Waals surface area (Å²) >= 11 is 0. The van der Waals surface area contributed by atoms with Crippen molar-refractivity contribution in [1.82, 2.24) is 10.6 Å². The highest BCUT2D eigenvalue weighted by molar-refractivity contribution is 5.94. The van der Waals surface area contributed by atoms with Gasteiger partial charge in [-0.15, -0.1) is 0 Å². The van der Waals surface area contributed by atoms with Gasteiger partial charge < -0.3 is 19.9 Å². The van der Waals surface area contributed by atoms with E-state index in [9.17, 15) is 9.59 Å². The van der Waals surface area contributed by atoms with Gasteiger partial charge in [0.2, 0.25) is 0 Å². The first-order chi connectivity index (χ1) is 12.7. The molecule has 3 rings (SSSR count). The fourth-order valence-electron chi connectivity index (χ4n) is 3.82. The van der Waals surface area contributed by atoms with Gasteiger partial charge in [0.15, 0.2) is 6.54 Å². The second-order valence-corrected chi connectivity index (χ2v) is 7.09. The van der Waals surface area contributed by atoms with Gasteiger partial charge in [-0.25, -0.2) is 4.79 Å². The molecule has 7 heteroatoms. The molecule has 3 N–H and O–H groups in total. The predicted molar refractivity (Wildman–Crippen MR) is 99.7 cm³/mol. The van der Waals surface area contributed by atoms with Crippen LogP contribution in [0, 0.1) is 0 Å². The number of benzene rings is 1. The Kier molecular flexibility index (Phi) is 6.33. The van der Waals surface area contributed by atoms with E-state index in [4.69, 9.17) is 4.74 Å². The second-order valence-electron chi connectivity index (χ2n) is 7.09. The number of ether oxygens (including phenoxy) is 1. The molecular weight excluding hydrogens is 332 g/mol. The number of quaternary nitrogens is 1. The topological polar surface area (TPSA) is 75.1 Å². The summed E-state index contributed by atoms with van der Waals surface area (Å²) in [5.74, 6) is 0.665. The maximum absolute atomic E-state index is 12.1. The van der Waals surface area contributed by atoms with Crippen molar-refractivity contribution in [3.8, 4) is 5.75 Å². The molecule has 2 fully saturated rings. The van der Waals surface area contributed by atoms with E-state index >= 15 is 0 Å². The van der Waals surface area contributed by atoms with E-state index in [0.29, 0.717) is 6.54 Å².